The average molecular weight is 252 g/mol. The van der Waals surface area contributed by atoms with Gasteiger partial charge in [-0.3, -0.25) is 0 Å². The maximum absolute atomic E-state index is 13.1. The summed E-state index contributed by atoms with van der Waals surface area (Å²) in [5.74, 6) is -0.0844. The molecule has 18 heavy (non-hydrogen) atoms. The van der Waals surface area contributed by atoms with Crippen LogP contribution < -0.4 is 5.32 Å². The van der Waals surface area contributed by atoms with E-state index in [1.54, 1.807) is 12.1 Å². The largest absolute Gasteiger partial charge is 0.505 e. The molecule has 1 saturated heterocycles. The molecule has 2 rings (SSSR count). The van der Waals surface area contributed by atoms with E-state index in [9.17, 15) is 9.50 Å². The Balaban J connectivity index is 1.77. The Hall–Kier alpha value is -1.13. The number of para-hydroxylation sites is 1. The van der Waals surface area contributed by atoms with Crippen molar-refractivity contribution in [3.8, 4) is 5.75 Å². The van der Waals surface area contributed by atoms with Gasteiger partial charge in [0.25, 0.3) is 0 Å². The SMILES string of the molecule is CN1CCC(CNCc2cccc(F)c2O)CC1. The number of halogens is 1. The molecule has 1 heterocycles. The molecule has 0 saturated carbocycles. The molecule has 1 aliphatic rings. The van der Waals surface area contributed by atoms with Crippen LogP contribution in [0.1, 0.15) is 18.4 Å². The van der Waals surface area contributed by atoms with Crippen molar-refractivity contribution in [2.75, 3.05) is 26.7 Å². The van der Waals surface area contributed by atoms with Gasteiger partial charge < -0.3 is 15.3 Å². The fourth-order valence-corrected chi connectivity index (χ4v) is 2.38. The first-order valence-electron chi connectivity index (χ1n) is 6.52. The van der Waals surface area contributed by atoms with Crippen LogP contribution >= 0.6 is 0 Å². The number of aromatic hydroxyl groups is 1. The second-order valence-corrected chi connectivity index (χ2v) is 5.13. The van der Waals surface area contributed by atoms with Crippen molar-refractivity contribution in [3.05, 3.63) is 29.6 Å². The second-order valence-electron chi connectivity index (χ2n) is 5.13. The number of benzene rings is 1. The minimum atomic E-state index is -0.548. The summed E-state index contributed by atoms with van der Waals surface area (Å²) >= 11 is 0. The topological polar surface area (TPSA) is 35.5 Å². The summed E-state index contributed by atoms with van der Waals surface area (Å²) in [6, 6.07) is 4.65. The Kier molecular flexibility index (Phi) is 4.55. The van der Waals surface area contributed by atoms with E-state index in [1.165, 1.54) is 18.9 Å². The Labute approximate surface area is 108 Å². The number of phenolic OH excluding ortho intramolecular Hbond substituents is 1. The van der Waals surface area contributed by atoms with E-state index in [4.69, 9.17) is 0 Å². The van der Waals surface area contributed by atoms with E-state index in [2.05, 4.69) is 17.3 Å². The van der Waals surface area contributed by atoms with Crippen molar-refractivity contribution >= 4 is 0 Å². The molecular formula is C14H21FN2O. The monoisotopic (exact) mass is 252 g/mol. The van der Waals surface area contributed by atoms with Crippen LogP contribution in [0.15, 0.2) is 18.2 Å². The molecule has 0 aliphatic carbocycles. The van der Waals surface area contributed by atoms with Gasteiger partial charge in [0, 0.05) is 12.1 Å². The lowest BCUT2D eigenvalue weighted by molar-refractivity contribution is 0.216. The smallest absolute Gasteiger partial charge is 0.165 e. The number of hydrogen-bond donors (Lipinski definition) is 2. The van der Waals surface area contributed by atoms with Crippen LogP contribution in [0.4, 0.5) is 4.39 Å². The summed E-state index contributed by atoms with van der Waals surface area (Å²) in [5, 5.41) is 12.9. The van der Waals surface area contributed by atoms with Gasteiger partial charge in [0.1, 0.15) is 0 Å². The first kappa shape index (κ1) is 13.3. The predicted molar refractivity (Wildman–Crippen MR) is 70.0 cm³/mol. The Morgan fingerprint density at radius 3 is 2.83 bits per heavy atom. The van der Waals surface area contributed by atoms with E-state index in [1.807, 2.05) is 0 Å². The van der Waals surface area contributed by atoms with Gasteiger partial charge in [-0.1, -0.05) is 12.1 Å². The highest BCUT2D eigenvalue weighted by Gasteiger charge is 2.16. The van der Waals surface area contributed by atoms with Gasteiger partial charge in [0.2, 0.25) is 0 Å². The summed E-state index contributed by atoms with van der Waals surface area (Å²) in [7, 11) is 2.15. The maximum Gasteiger partial charge on any atom is 0.165 e. The first-order chi connectivity index (χ1) is 8.66. The standard InChI is InChI=1S/C14H21FN2O/c1-17-7-5-11(6-8-17)9-16-10-12-3-2-4-13(15)14(12)18/h2-4,11,16,18H,5-10H2,1H3. The third kappa shape index (κ3) is 3.43. The Morgan fingerprint density at radius 2 is 2.11 bits per heavy atom. The van der Waals surface area contributed by atoms with Crippen molar-refractivity contribution in [2.45, 2.75) is 19.4 Å². The maximum atomic E-state index is 13.1. The van der Waals surface area contributed by atoms with Crippen LogP contribution in [-0.2, 0) is 6.54 Å². The number of nitrogens with zero attached hydrogens (tertiary/aromatic N) is 1. The highest BCUT2D eigenvalue weighted by molar-refractivity contribution is 5.33. The Bertz CT molecular complexity index is 389. The van der Waals surface area contributed by atoms with Crippen LogP contribution in [0.3, 0.4) is 0 Å². The van der Waals surface area contributed by atoms with E-state index in [-0.39, 0.29) is 5.75 Å². The Morgan fingerprint density at radius 1 is 1.39 bits per heavy atom. The molecule has 0 atom stereocenters. The van der Waals surface area contributed by atoms with Gasteiger partial charge in [0.05, 0.1) is 0 Å². The van der Waals surface area contributed by atoms with Gasteiger partial charge in [0.15, 0.2) is 11.6 Å². The highest BCUT2D eigenvalue weighted by atomic mass is 19.1. The number of phenols is 1. The van der Waals surface area contributed by atoms with Gasteiger partial charge in [-0.05, 0) is 51.5 Å². The molecule has 1 aromatic carbocycles. The minimum absolute atomic E-state index is 0.228. The molecule has 1 aliphatic heterocycles. The summed E-state index contributed by atoms with van der Waals surface area (Å²) in [6.07, 6.45) is 2.41. The lowest BCUT2D eigenvalue weighted by Crippen LogP contribution is -2.34. The molecule has 2 N–H and O–H groups in total. The predicted octanol–water partition coefficient (Wildman–Crippen LogP) is 1.96. The van der Waals surface area contributed by atoms with E-state index in [0.29, 0.717) is 18.0 Å². The molecule has 100 valence electrons. The average Bonchev–Trinajstić information content (AvgIpc) is 2.37. The second kappa shape index (κ2) is 6.16. The van der Waals surface area contributed by atoms with E-state index >= 15 is 0 Å². The van der Waals surface area contributed by atoms with Crippen LogP contribution in [0.25, 0.3) is 0 Å². The molecule has 3 nitrogen and oxygen atoms in total. The van der Waals surface area contributed by atoms with Crippen LogP contribution in [0.5, 0.6) is 5.75 Å². The van der Waals surface area contributed by atoms with Crippen molar-refractivity contribution < 1.29 is 9.50 Å². The third-order valence-electron chi connectivity index (χ3n) is 3.66. The van der Waals surface area contributed by atoms with Crippen LogP contribution in [-0.4, -0.2) is 36.7 Å². The molecule has 0 radical (unpaired) electrons. The van der Waals surface area contributed by atoms with Gasteiger partial charge >= 0.3 is 0 Å². The number of rotatable bonds is 4. The molecule has 0 amide bonds. The molecule has 1 aromatic rings. The lowest BCUT2D eigenvalue weighted by atomic mass is 9.97. The molecule has 0 aromatic heterocycles. The van der Waals surface area contributed by atoms with Gasteiger partial charge in [-0.25, -0.2) is 4.39 Å². The third-order valence-corrected chi connectivity index (χ3v) is 3.66. The zero-order valence-electron chi connectivity index (χ0n) is 10.8. The molecule has 0 spiro atoms. The van der Waals surface area contributed by atoms with Crippen molar-refractivity contribution in [1.82, 2.24) is 10.2 Å². The van der Waals surface area contributed by atoms with Crippen molar-refractivity contribution in [2.24, 2.45) is 5.92 Å². The van der Waals surface area contributed by atoms with Gasteiger partial charge in [-0.2, -0.15) is 0 Å². The quantitative estimate of drug-likeness (QED) is 0.860. The zero-order valence-corrected chi connectivity index (χ0v) is 10.8. The number of hydrogen-bond acceptors (Lipinski definition) is 3. The summed E-state index contributed by atoms with van der Waals surface area (Å²) in [5.41, 5.74) is 0.628. The molecule has 1 fully saturated rings. The summed E-state index contributed by atoms with van der Waals surface area (Å²) in [4.78, 5) is 2.34. The lowest BCUT2D eigenvalue weighted by Gasteiger charge is -2.29. The van der Waals surface area contributed by atoms with E-state index < -0.39 is 5.82 Å². The van der Waals surface area contributed by atoms with Crippen molar-refractivity contribution in [1.29, 1.82) is 0 Å². The number of likely N-dealkylation sites (tertiary alicyclic amines) is 1. The minimum Gasteiger partial charge on any atom is -0.505 e. The molecule has 0 bridgehead atoms. The summed E-state index contributed by atoms with van der Waals surface area (Å²) in [6.45, 7) is 3.76. The number of piperidine rings is 1. The van der Waals surface area contributed by atoms with Crippen molar-refractivity contribution in [3.63, 3.8) is 0 Å². The summed E-state index contributed by atoms with van der Waals surface area (Å²) < 4.78 is 13.1. The first-order valence-corrected chi connectivity index (χ1v) is 6.52. The fraction of sp³-hybridized carbons (Fsp3) is 0.571. The zero-order chi connectivity index (χ0) is 13.0. The molecule has 0 unspecified atom stereocenters. The van der Waals surface area contributed by atoms with Gasteiger partial charge in [-0.15, -0.1) is 0 Å². The normalized spacial score (nSPS) is 18.1. The molecule has 4 heteroatoms. The highest BCUT2D eigenvalue weighted by Crippen LogP contribution is 2.21. The van der Waals surface area contributed by atoms with E-state index in [0.717, 1.165) is 19.6 Å². The molecular weight excluding hydrogens is 231 g/mol. The fourth-order valence-electron chi connectivity index (χ4n) is 2.38. The van der Waals surface area contributed by atoms with Crippen LogP contribution in [0.2, 0.25) is 0 Å². The van der Waals surface area contributed by atoms with Crippen LogP contribution in [0, 0.1) is 11.7 Å². The number of nitrogens with one attached hydrogen (secondary N) is 1.